The van der Waals surface area contributed by atoms with Crippen LogP contribution in [0.2, 0.25) is 5.02 Å². The molecular weight excluding hydrogens is 346 g/mol. The zero-order valence-corrected chi connectivity index (χ0v) is 15.2. The van der Waals surface area contributed by atoms with E-state index in [1.807, 2.05) is 73.7 Å². The van der Waals surface area contributed by atoms with Gasteiger partial charge in [0.2, 0.25) is 0 Å². The van der Waals surface area contributed by atoms with Crippen molar-refractivity contribution in [1.82, 2.24) is 5.32 Å². The minimum Gasteiger partial charge on any atom is -0.482 e. The molecule has 3 nitrogen and oxygen atoms in total. The van der Waals surface area contributed by atoms with Gasteiger partial charge in [0.05, 0.1) is 11.1 Å². The number of carbonyl (C=O) groups is 1. The number of hydrogen-bond donors (Lipinski definition) is 1. The smallest absolute Gasteiger partial charge is 0.258 e. The summed E-state index contributed by atoms with van der Waals surface area (Å²) in [5.41, 5.74) is 3.20. The van der Waals surface area contributed by atoms with Gasteiger partial charge < -0.3 is 10.1 Å². The molecule has 3 aromatic rings. The van der Waals surface area contributed by atoms with E-state index < -0.39 is 0 Å². The summed E-state index contributed by atoms with van der Waals surface area (Å²) < 4.78 is 5.56. The maximum absolute atomic E-state index is 12.5. The molecule has 132 valence electrons. The Hall–Kier alpha value is -2.78. The van der Waals surface area contributed by atoms with Gasteiger partial charge in [-0.25, -0.2) is 0 Å². The summed E-state index contributed by atoms with van der Waals surface area (Å²) in [5.74, 6) is 0.290. The summed E-state index contributed by atoms with van der Waals surface area (Å²) in [4.78, 5) is 12.5. The molecule has 26 heavy (non-hydrogen) atoms. The lowest BCUT2D eigenvalue weighted by Crippen LogP contribution is -2.33. The highest BCUT2D eigenvalue weighted by Crippen LogP contribution is 2.25. The third-order valence-corrected chi connectivity index (χ3v) is 4.45. The van der Waals surface area contributed by atoms with E-state index in [1.165, 1.54) is 0 Å². The van der Waals surface area contributed by atoms with E-state index in [0.717, 1.165) is 16.7 Å². The van der Waals surface area contributed by atoms with Crippen molar-refractivity contribution < 1.29 is 9.53 Å². The van der Waals surface area contributed by atoms with E-state index in [2.05, 4.69) is 5.32 Å². The summed E-state index contributed by atoms with van der Waals surface area (Å²) in [7, 11) is 0. The first-order chi connectivity index (χ1) is 12.6. The Morgan fingerprint density at radius 1 is 0.962 bits per heavy atom. The van der Waals surface area contributed by atoms with Crippen molar-refractivity contribution in [3.63, 3.8) is 0 Å². The highest BCUT2D eigenvalue weighted by atomic mass is 35.5. The summed E-state index contributed by atoms with van der Waals surface area (Å²) in [6.45, 7) is 1.94. The lowest BCUT2D eigenvalue weighted by molar-refractivity contribution is -0.123. The topological polar surface area (TPSA) is 38.3 Å². The molecule has 0 unspecified atom stereocenters. The molecule has 0 aromatic heterocycles. The van der Waals surface area contributed by atoms with Gasteiger partial charge in [0.25, 0.3) is 5.91 Å². The van der Waals surface area contributed by atoms with Crippen LogP contribution in [0.4, 0.5) is 0 Å². The van der Waals surface area contributed by atoms with E-state index in [4.69, 9.17) is 16.3 Å². The van der Waals surface area contributed by atoms with Crippen LogP contribution in [0.1, 0.15) is 22.7 Å². The number of hydrogen-bond acceptors (Lipinski definition) is 2. The maximum Gasteiger partial charge on any atom is 0.258 e. The van der Waals surface area contributed by atoms with E-state index in [9.17, 15) is 4.79 Å². The van der Waals surface area contributed by atoms with Crippen molar-refractivity contribution in [3.05, 3.63) is 101 Å². The number of rotatable bonds is 6. The van der Waals surface area contributed by atoms with E-state index in [1.54, 1.807) is 12.1 Å². The molecule has 0 aliphatic carbocycles. The van der Waals surface area contributed by atoms with Crippen LogP contribution < -0.4 is 10.1 Å². The van der Waals surface area contributed by atoms with E-state index in [0.29, 0.717) is 10.8 Å². The fourth-order valence-electron chi connectivity index (χ4n) is 2.80. The largest absolute Gasteiger partial charge is 0.482 e. The van der Waals surface area contributed by atoms with Crippen molar-refractivity contribution in [2.75, 3.05) is 6.61 Å². The highest BCUT2D eigenvalue weighted by Gasteiger charge is 2.18. The Labute approximate surface area is 158 Å². The normalized spacial score (nSPS) is 11.6. The molecule has 1 amide bonds. The number of aryl methyl sites for hydroxylation is 1. The minimum absolute atomic E-state index is 0.0983. The summed E-state index contributed by atoms with van der Waals surface area (Å²) in [6.07, 6.45) is 0. The minimum atomic E-state index is -0.236. The second-order valence-electron chi connectivity index (χ2n) is 5.99. The van der Waals surface area contributed by atoms with Crippen LogP contribution in [-0.2, 0) is 4.79 Å². The zero-order chi connectivity index (χ0) is 18.4. The molecule has 0 aliphatic heterocycles. The molecule has 1 atom stereocenters. The molecule has 3 rings (SSSR count). The SMILES string of the molecule is Cc1ccccc1[C@@H](NC(=O)COc1ccccc1Cl)c1ccccc1. The van der Waals surface area contributed by atoms with Gasteiger partial charge in [0, 0.05) is 0 Å². The first kappa shape index (κ1) is 18.0. The molecule has 0 bridgehead atoms. The molecule has 0 radical (unpaired) electrons. The van der Waals surface area contributed by atoms with Crippen LogP contribution in [0.25, 0.3) is 0 Å². The highest BCUT2D eigenvalue weighted by molar-refractivity contribution is 6.32. The third-order valence-electron chi connectivity index (χ3n) is 4.13. The van der Waals surface area contributed by atoms with Crippen molar-refractivity contribution in [3.8, 4) is 5.75 Å². The number of ether oxygens (including phenoxy) is 1. The average Bonchev–Trinajstić information content (AvgIpc) is 2.67. The van der Waals surface area contributed by atoms with Gasteiger partial charge in [-0.05, 0) is 35.7 Å². The van der Waals surface area contributed by atoms with Crippen LogP contribution in [0.5, 0.6) is 5.75 Å². The van der Waals surface area contributed by atoms with Gasteiger partial charge in [0.1, 0.15) is 5.75 Å². The Morgan fingerprint density at radius 3 is 2.35 bits per heavy atom. The number of benzene rings is 3. The molecule has 0 fully saturated rings. The standard InChI is InChI=1S/C22H20ClNO2/c1-16-9-5-6-12-18(16)22(17-10-3-2-4-11-17)24-21(25)15-26-20-14-8-7-13-19(20)23/h2-14,22H,15H2,1H3,(H,24,25)/t22-/m0/s1. The number of amides is 1. The van der Waals surface area contributed by atoms with Crippen molar-refractivity contribution in [2.24, 2.45) is 0 Å². The molecule has 0 saturated carbocycles. The number of carbonyl (C=O) groups excluding carboxylic acids is 1. The van der Waals surface area contributed by atoms with Crippen LogP contribution >= 0.6 is 11.6 Å². The van der Waals surface area contributed by atoms with Crippen molar-refractivity contribution in [2.45, 2.75) is 13.0 Å². The molecule has 0 heterocycles. The van der Waals surface area contributed by atoms with Gasteiger partial charge in [-0.3, -0.25) is 4.79 Å². The summed E-state index contributed by atoms with van der Waals surface area (Å²) in [5, 5.41) is 3.56. The predicted octanol–water partition coefficient (Wildman–Crippen LogP) is 4.93. The molecule has 1 N–H and O–H groups in total. The first-order valence-corrected chi connectivity index (χ1v) is 8.80. The van der Waals surface area contributed by atoms with Gasteiger partial charge >= 0.3 is 0 Å². The zero-order valence-electron chi connectivity index (χ0n) is 14.5. The van der Waals surface area contributed by atoms with Crippen LogP contribution in [0, 0.1) is 6.92 Å². The molecule has 0 saturated heterocycles. The van der Waals surface area contributed by atoms with Crippen LogP contribution in [0.15, 0.2) is 78.9 Å². The Bertz CT molecular complexity index is 880. The third kappa shape index (κ3) is 4.44. The fraction of sp³-hybridized carbons (Fsp3) is 0.136. The van der Waals surface area contributed by atoms with Crippen LogP contribution in [-0.4, -0.2) is 12.5 Å². The van der Waals surface area contributed by atoms with Crippen LogP contribution in [0.3, 0.4) is 0 Å². The summed E-state index contributed by atoms with van der Waals surface area (Å²) in [6, 6.07) is 24.8. The van der Waals surface area contributed by atoms with Crippen molar-refractivity contribution >= 4 is 17.5 Å². The van der Waals surface area contributed by atoms with Gasteiger partial charge in [-0.2, -0.15) is 0 Å². The average molecular weight is 366 g/mol. The number of nitrogens with one attached hydrogen (secondary N) is 1. The van der Waals surface area contributed by atoms with Gasteiger partial charge in [-0.1, -0.05) is 78.3 Å². The molecule has 0 spiro atoms. The molecule has 3 aromatic carbocycles. The molecule has 0 aliphatic rings. The fourth-order valence-corrected chi connectivity index (χ4v) is 2.99. The lowest BCUT2D eigenvalue weighted by atomic mass is 9.95. The second kappa shape index (κ2) is 8.54. The number of halogens is 1. The van der Waals surface area contributed by atoms with Crippen molar-refractivity contribution in [1.29, 1.82) is 0 Å². The summed E-state index contributed by atoms with van der Waals surface area (Å²) >= 11 is 6.07. The van der Waals surface area contributed by atoms with Gasteiger partial charge in [0.15, 0.2) is 6.61 Å². The monoisotopic (exact) mass is 365 g/mol. The molecular formula is C22H20ClNO2. The number of para-hydroxylation sites is 1. The first-order valence-electron chi connectivity index (χ1n) is 8.42. The molecule has 4 heteroatoms. The Balaban J connectivity index is 1.77. The lowest BCUT2D eigenvalue weighted by Gasteiger charge is -2.22. The Morgan fingerprint density at radius 2 is 1.62 bits per heavy atom. The predicted molar refractivity (Wildman–Crippen MR) is 105 cm³/mol. The van der Waals surface area contributed by atoms with Gasteiger partial charge in [-0.15, -0.1) is 0 Å². The second-order valence-corrected chi connectivity index (χ2v) is 6.39. The quantitative estimate of drug-likeness (QED) is 0.672. The van der Waals surface area contributed by atoms with E-state index in [-0.39, 0.29) is 18.6 Å². The maximum atomic E-state index is 12.5. The Kier molecular flexibility index (Phi) is 5.92. The van der Waals surface area contributed by atoms with E-state index >= 15 is 0 Å².